The topological polar surface area (TPSA) is 146 Å². The summed E-state index contributed by atoms with van der Waals surface area (Å²) in [5, 5.41) is 13.9. The first-order valence-electron chi connectivity index (χ1n) is 16.3. The molecule has 5 saturated carbocycles. The first-order valence-corrected chi connectivity index (χ1v) is 16.3. The monoisotopic (exact) mass is 612 g/mol. The van der Waals surface area contributed by atoms with Crippen molar-refractivity contribution in [2.45, 2.75) is 103 Å². The number of aryl methyl sites for hydroxylation is 3. The molecule has 2 bridgehead atoms. The van der Waals surface area contributed by atoms with Gasteiger partial charge in [-0.25, -0.2) is 19.9 Å². The number of fused-ring (bicyclic) bond motifs is 2. The van der Waals surface area contributed by atoms with Crippen LogP contribution in [0.15, 0.2) is 11.1 Å². The Hall–Kier alpha value is -4.09. The van der Waals surface area contributed by atoms with Gasteiger partial charge in [0.1, 0.15) is 18.6 Å². The van der Waals surface area contributed by atoms with Crippen LogP contribution < -0.4 is 15.6 Å². The first kappa shape index (κ1) is 28.4. The van der Waals surface area contributed by atoms with Crippen LogP contribution in [0.3, 0.4) is 0 Å². The lowest BCUT2D eigenvalue weighted by Crippen LogP contribution is -2.75. The van der Waals surface area contributed by atoms with E-state index in [0.717, 1.165) is 49.4 Å². The number of anilines is 1. The summed E-state index contributed by atoms with van der Waals surface area (Å²) in [5.41, 5.74) is 4.02. The van der Waals surface area contributed by atoms with Crippen LogP contribution in [0.2, 0.25) is 0 Å². The minimum atomic E-state index is -0.329. The highest BCUT2D eigenvalue weighted by atomic mass is 16.3. The van der Waals surface area contributed by atoms with Gasteiger partial charge in [-0.2, -0.15) is 0 Å². The van der Waals surface area contributed by atoms with Gasteiger partial charge in [0.05, 0.1) is 23.1 Å². The lowest BCUT2D eigenvalue weighted by Gasteiger charge is -2.71. The summed E-state index contributed by atoms with van der Waals surface area (Å²) < 4.78 is 1.91. The average Bonchev–Trinajstić information content (AvgIpc) is 3.79. The fraction of sp³-hybridized carbons (Fsp3) is 0.606. The van der Waals surface area contributed by atoms with E-state index in [9.17, 15) is 19.5 Å². The van der Waals surface area contributed by atoms with Crippen LogP contribution in [0.1, 0.15) is 85.1 Å². The highest BCUT2D eigenvalue weighted by Crippen LogP contribution is 2.75. The van der Waals surface area contributed by atoms with Gasteiger partial charge in [0.2, 0.25) is 11.3 Å². The predicted molar refractivity (Wildman–Crippen MR) is 166 cm³/mol. The molecule has 45 heavy (non-hydrogen) atoms. The summed E-state index contributed by atoms with van der Waals surface area (Å²) in [6, 6.07) is -0.212. The van der Waals surface area contributed by atoms with Crippen molar-refractivity contribution in [1.29, 1.82) is 0 Å². The van der Waals surface area contributed by atoms with E-state index < -0.39 is 0 Å². The van der Waals surface area contributed by atoms with Crippen molar-refractivity contribution < 1.29 is 14.7 Å². The molecule has 0 aromatic carbocycles. The third-order valence-corrected chi connectivity index (χ3v) is 11.5. The summed E-state index contributed by atoms with van der Waals surface area (Å²) in [4.78, 5) is 63.0. The Balaban J connectivity index is 1.13. The normalized spacial score (nSPS) is 28.2. The maximum absolute atomic E-state index is 14.3. The Morgan fingerprint density at radius 1 is 0.978 bits per heavy atom. The number of nitrogens with one attached hydrogen (secondary N) is 1. The largest absolute Gasteiger partial charge is 0.504 e. The van der Waals surface area contributed by atoms with E-state index in [1.54, 1.807) is 11.8 Å². The number of aromatic hydroxyl groups is 1. The Labute approximate surface area is 261 Å². The molecule has 1 saturated heterocycles. The minimum absolute atomic E-state index is 0.00260. The molecule has 2 atom stereocenters. The van der Waals surface area contributed by atoms with Gasteiger partial charge in [-0.1, -0.05) is 6.92 Å². The Morgan fingerprint density at radius 2 is 1.69 bits per heavy atom. The van der Waals surface area contributed by atoms with Crippen molar-refractivity contribution in [3.05, 3.63) is 45.0 Å². The summed E-state index contributed by atoms with van der Waals surface area (Å²) in [5.74, 6) is 0.277. The molecular formula is C33H40N8O4. The van der Waals surface area contributed by atoms with E-state index in [4.69, 9.17) is 9.97 Å². The highest BCUT2D eigenvalue weighted by Gasteiger charge is 2.72. The number of amides is 2. The van der Waals surface area contributed by atoms with E-state index in [-0.39, 0.29) is 58.4 Å². The summed E-state index contributed by atoms with van der Waals surface area (Å²) in [6.07, 6.45) is 9.35. The summed E-state index contributed by atoms with van der Waals surface area (Å²) >= 11 is 0. The second-order valence-electron chi connectivity index (χ2n) is 14.2. The fourth-order valence-corrected chi connectivity index (χ4v) is 8.89. The van der Waals surface area contributed by atoms with Gasteiger partial charge in [-0.05, 0) is 83.5 Å². The van der Waals surface area contributed by atoms with Gasteiger partial charge < -0.3 is 24.8 Å². The van der Waals surface area contributed by atoms with Crippen molar-refractivity contribution in [3.63, 3.8) is 0 Å². The Morgan fingerprint density at radius 3 is 2.36 bits per heavy atom. The molecule has 6 aliphatic rings. The van der Waals surface area contributed by atoms with E-state index >= 15 is 0 Å². The number of aromatic nitrogens is 5. The third kappa shape index (κ3) is 4.13. The van der Waals surface area contributed by atoms with Crippen LogP contribution in [-0.2, 0) is 17.8 Å². The molecule has 0 spiro atoms. The molecule has 9 rings (SSSR count). The molecule has 0 radical (unpaired) electrons. The zero-order valence-corrected chi connectivity index (χ0v) is 26.4. The lowest BCUT2D eigenvalue weighted by atomic mass is 9.37. The lowest BCUT2D eigenvalue weighted by molar-refractivity contribution is -0.176. The first-order chi connectivity index (χ1) is 21.5. The maximum Gasteiger partial charge on any atom is 0.276 e. The van der Waals surface area contributed by atoms with Crippen molar-refractivity contribution in [2.75, 3.05) is 18.0 Å². The van der Waals surface area contributed by atoms with Crippen LogP contribution in [0.4, 0.5) is 5.69 Å². The van der Waals surface area contributed by atoms with Crippen LogP contribution in [0.5, 0.6) is 5.75 Å². The van der Waals surface area contributed by atoms with Gasteiger partial charge >= 0.3 is 0 Å². The number of pyridine rings is 1. The fourth-order valence-electron chi connectivity index (χ4n) is 8.89. The quantitative estimate of drug-likeness (QED) is 0.411. The Bertz CT molecular complexity index is 1830. The van der Waals surface area contributed by atoms with E-state index in [2.05, 4.69) is 20.2 Å². The molecule has 3 aromatic rings. The zero-order valence-electron chi connectivity index (χ0n) is 26.4. The molecule has 5 aliphatic carbocycles. The van der Waals surface area contributed by atoms with Gasteiger partial charge in [0, 0.05) is 30.4 Å². The molecule has 1 aliphatic heterocycles. The van der Waals surface area contributed by atoms with Crippen molar-refractivity contribution in [1.82, 2.24) is 34.7 Å². The van der Waals surface area contributed by atoms with Crippen LogP contribution in [0.25, 0.3) is 11.2 Å². The van der Waals surface area contributed by atoms with Crippen molar-refractivity contribution >= 4 is 28.7 Å². The number of piperazine rings is 1. The molecule has 0 unspecified atom stereocenters. The summed E-state index contributed by atoms with van der Waals surface area (Å²) in [6.45, 7) is 8.24. The number of hydrogen-bond acceptors (Lipinski definition) is 9. The van der Waals surface area contributed by atoms with Crippen LogP contribution >= 0.6 is 0 Å². The van der Waals surface area contributed by atoms with E-state index in [0.29, 0.717) is 47.6 Å². The smallest absolute Gasteiger partial charge is 0.276 e. The SMILES string of the molecule is CCc1c(N2CCN(C(=O)c3ncnc(C)c3O)[C@H]3CC[C@@H]32)c(=O)c2nc(C)c(C)nc2n1CC(=O)NC12CC(C3CC3)(C1)C2. The highest BCUT2D eigenvalue weighted by molar-refractivity contribution is 5.95. The standard InChI is InChI=1S/C33H40N8O4/c1-5-21-27(39-10-11-40(23-9-8-22(23)39)31(45)26-28(43)19(4)34-16-35-26)29(44)25-30(37-18(3)17(2)36-25)41(21)12-24(42)38-33-13-32(14-33,15-33)20-6-7-20/h16,20,22-23,43H,5-15H2,1-4H3,(H,38,42)/t22-,23-,32?,33?/m0/s1. The number of hydrogen-bond donors (Lipinski definition) is 2. The van der Waals surface area contributed by atoms with Gasteiger partial charge in [-0.3, -0.25) is 14.4 Å². The molecule has 6 fully saturated rings. The van der Waals surface area contributed by atoms with Crippen LogP contribution in [-0.4, -0.2) is 77.0 Å². The average molecular weight is 613 g/mol. The maximum atomic E-state index is 14.3. The van der Waals surface area contributed by atoms with Crippen molar-refractivity contribution in [3.8, 4) is 5.75 Å². The van der Waals surface area contributed by atoms with Crippen molar-refractivity contribution in [2.24, 2.45) is 11.3 Å². The number of carbonyl (C=O) groups is 2. The van der Waals surface area contributed by atoms with Gasteiger partial charge in [-0.15, -0.1) is 0 Å². The molecule has 3 aromatic heterocycles. The molecular weight excluding hydrogens is 572 g/mol. The number of rotatable bonds is 7. The van der Waals surface area contributed by atoms with E-state index in [1.165, 1.54) is 19.2 Å². The number of carbonyl (C=O) groups excluding carboxylic acids is 2. The van der Waals surface area contributed by atoms with E-state index in [1.807, 2.05) is 25.3 Å². The minimum Gasteiger partial charge on any atom is -0.504 e. The van der Waals surface area contributed by atoms with Crippen LogP contribution in [0, 0.1) is 32.1 Å². The molecule has 4 heterocycles. The summed E-state index contributed by atoms with van der Waals surface area (Å²) in [7, 11) is 0. The second kappa shape index (κ2) is 9.70. The third-order valence-electron chi connectivity index (χ3n) is 11.5. The van der Waals surface area contributed by atoms with Gasteiger partial charge in [0.25, 0.3) is 5.91 Å². The zero-order chi connectivity index (χ0) is 31.4. The van der Waals surface area contributed by atoms with Gasteiger partial charge in [0.15, 0.2) is 22.6 Å². The molecule has 2 N–H and O–H groups in total. The molecule has 12 heteroatoms. The predicted octanol–water partition coefficient (Wildman–Crippen LogP) is 2.72. The Kier molecular flexibility index (Phi) is 6.12. The second-order valence-corrected chi connectivity index (χ2v) is 14.2. The molecule has 2 amide bonds. The molecule has 236 valence electrons. The molecule has 12 nitrogen and oxygen atoms in total. The number of nitrogens with zero attached hydrogens (tertiary/aromatic N) is 7.